The zero-order valence-electron chi connectivity index (χ0n) is 9.85. The second kappa shape index (κ2) is 5.44. The molecule has 4 N–H and O–H groups in total. The molecule has 1 aliphatic rings. The Hall–Kier alpha value is -2.18. The molecule has 2 amide bonds. The molecular formula is C11H15N5O2. The van der Waals surface area contributed by atoms with Crippen LogP contribution in [-0.4, -0.2) is 34.9 Å². The fourth-order valence-electron chi connectivity index (χ4n) is 1.38. The Morgan fingerprint density at radius 2 is 2.17 bits per heavy atom. The summed E-state index contributed by atoms with van der Waals surface area (Å²) in [5.74, 6) is 0.248. The molecule has 1 saturated carbocycles. The van der Waals surface area contributed by atoms with Crippen LogP contribution in [0.15, 0.2) is 12.4 Å². The van der Waals surface area contributed by atoms with Crippen LogP contribution in [0.1, 0.15) is 23.3 Å². The van der Waals surface area contributed by atoms with E-state index in [0.29, 0.717) is 11.7 Å². The van der Waals surface area contributed by atoms with Gasteiger partial charge in [-0.05, 0) is 18.8 Å². The van der Waals surface area contributed by atoms with E-state index in [-0.39, 0.29) is 18.1 Å². The van der Waals surface area contributed by atoms with Crippen molar-refractivity contribution in [3.8, 4) is 0 Å². The predicted molar refractivity (Wildman–Crippen MR) is 64.8 cm³/mol. The Labute approximate surface area is 104 Å². The van der Waals surface area contributed by atoms with Crippen molar-refractivity contribution >= 4 is 17.6 Å². The molecule has 0 aliphatic heterocycles. The maximum absolute atomic E-state index is 11.5. The highest BCUT2D eigenvalue weighted by Crippen LogP contribution is 2.27. The van der Waals surface area contributed by atoms with E-state index in [9.17, 15) is 9.59 Å². The highest BCUT2D eigenvalue weighted by molar-refractivity contribution is 5.90. The summed E-state index contributed by atoms with van der Waals surface area (Å²) >= 11 is 0. The Balaban J connectivity index is 1.79. The average Bonchev–Trinajstić information content (AvgIpc) is 3.18. The second-order valence-electron chi connectivity index (χ2n) is 4.25. The molecule has 0 radical (unpaired) electrons. The van der Waals surface area contributed by atoms with E-state index in [2.05, 4.69) is 20.6 Å². The van der Waals surface area contributed by atoms with Gasteiger partial charge in [-0.2, -0.15) is 0 Å². The molecule has 1 aromatic rings. The summed E-state index contributed by atoms with van der Waals surface area (Å²) in [7, 11) is 0. The minimum Gasteiger partial charge on any atom is -0.364 e. The highest BCUT2D eigenvalue weighted by Gasteiger charge is 2.21. The number of amides is 2. The van der Waals surface area contributed by atoms with Crippen LogP contribution in [0.5, 0.6) is 0 Å². The molecular weight excluding hydrogens is 234 g/mol. The van der Waals surface area contributed by atoms with Gasteiger partial charge in [0.2, 0.25) is 5.91 Å². The van der Waals surface area contributed by atoms with Crippen LogP contribution in [0.3, 0.4) is 0 Å². The molecule has 18 heavy (non-hydrogen) atoms. The standard InChI is InChI=1S/C11H15N5O2/c12-11(18)8-4-13-5-9(16-8)14-6-10(17)15-3-7-1-2-7/h4-5,7H,1-3,6H2,(H2,12,18)(H,14,16)(H,15,17). The molecule has 96 valence electrons. The van der Waals surface area contributed by atoms with Gasteiger partial charge in [-0.15, -0.1) is 0 Å². The second-order valence-corrected chi connectivity index (χ2v) is 4.25. The summed E-state index contributed by atoms with van der Waals surface area (Å²) in [4.78, 5) is 30.1. The maximum Gasteiger partial charge on any atom is 0.268 e. The number of carbonyl (C=O) groups is 2. The number of primary amides is 1. The minimum atomic E-state index is -0.649. The van der Waals surface area contributed by atoms with E-state index in [1.807, 2.05) is 0 Å². The number of carbonyl (C=O) groups excluding carboxylic acids is 2. The first-order chi connectivity index (χ1) is 8.65. The summed E-state index contributed by atoms with van der Waals surface area (Å²) in [5.41, 5.74) is 5.15. The lowest BCUT2D eigenvalue weighted by atomic mass is 10.4. The number of rotatable bonds is 6. The molecule has 1 aliphatic carbocycles. The fourth-order valence-corrected chi connectivity index (χ4v) is 1.38. The van der Waals surface area contributed by atoms with Gasteiger partial charge in [-0.25, -0.2) is 4.98 Å². The topological polar surface area (TPSA) is 110 Å². The molecule has 0 bridgehead atoms. The molecule has 7 nitrogen and oxygen atoms in total. The van der Waals surface area contributed by atoms with Gasteiger partial charge >= 0.3 is 0 Å². The van der Waals surface area contributed by atoms with Crippen LogP contribution >= 0.6 is 0 Å². The van der Waals surface area contributed by atoms with Gasteiger partial charge in [-0.3, -0.25) is 14.6 Å². The number of aromatic nitrogens is 2. The predicted octanol–water partition coefficient (Wildman–Crippen LogP) is -0.486. The molecule has 0 aromatic carbocycles. The SMILES string of the molecule is NC(=O)c1cncc(NCC(=O)NCC2CC2)n1. The molecule has 1 heterocycles. The number of hydrogen-bond donors (Lipinski definition) is 3. The fraction of sp³-hybridized carbons (Fsp3) is 0.455. The van der Waals surface area contributed by atoms with Crippen LogP contribution in [0.2, 0.25) is 0 Å². The van der Waals surface area contributed by atoms with Crippen molar-refractivity contribution in [2.45, 2.75) is 12.8 Å². The van der Waals surface area contributed by atoms with Gasteiger partial charge in [0.1, 0.15) is 11.5 Å². The van der Waals surface area contributed by atoms with Crippen LogP contribution in [0.25, 0.3) is 0 Å². The molecule has 2 rings (SSSR count). The number of anilines is 1. The average molecular weight is 249 g/mol. The van der Waals surface area contributed by atoms with Crippen molar-refractivity contribution in [3.63, 3.8) is 0 Å². The number of hydrogen-bond acceptors (Lipinski definition) is 5. The first-order valence-corrected chi connectivity index (χ1v) is 5.77. The number of nitrogens with two attached hydrogens (primary N) is 1. The third kappa shape index (κ3) is 3.69. The smallest absolute Gasteiger partial charge is 0.268 e. The van der Waals surface area contributed by atoms with Crippen LogP contribution in [0, 0.1) is 5.92 Å². The molecule has 0 atom stereocenters. The normalized spacial score (nSPS) is 14.0. The van der Waals surface area contributed by atoms with Crippen molar-refractivity contribution in [3.05, 3.63) is 18.1 Å². The highest BCUT2D eigenvalue weighted by atomic mass is 16.2. The van der Waals surface area contributed by atoms with Crippen molar-refractivity contribution in [2.75, 3.05) is 18.4 Å². The molecule has 0 spiro atoms. The van der Waals surface area contributed by atoms with Gasteiger partial charge in [-0.1, -0.05) is 0 Å². The Kier molecular flexibility index (Phi) is 3.71. The van der Waals surface area contributed by atoms with E-state index in [1.165, 1.54) is 25.2 Å². The lowest BCUT2D eigenvalue weighted by Crippen LogP contribution is -2.31. The molecule has 1 aromatic heterocycles. The van der Waals surface area contributed by atoms with E-state index in [1.54, 1.807) is 0 Å². The van der Waals surface area contributed by atoms with E-state index < -0.39 is 5.91 Å². The third-order valence-electron chi connectivity index (χ3n) is 2.60. The largest absolute Gasteiger partial charge is 0.364 e. The van der Waals surface area contributed by atoms with Crippen molar-refractivity contribution in [2.24, 2.45) is 11.7 Å². The minimum absolute atomic E-state index is 0.0680. The van der Waals surface area contributed by atoms with Gasteiger partial charge in [0.15, 0.2) is 0 Å². The van der Waals surface area contributed by atoms with Gasteiger partial charge < -0.3 is 16.4 Å². The van der Waals surface area contributed by atoms with Gasteiger partial charge in [0.05, 0.1) is 18.9 Å². The lowest BCUT2D eigenvalue weighted by molar-refractivity contribution is -0.119. The summed E-state index contributed by atoms with van der Waals surface area (Å²) in [6.07, 6.45) is 5.10. The van der Waals surface area contributed by atoms with Crippen LogP contribution in [0.4, 0.5) is 5.82 Å². The molecule has 0 unspecified atom stereocenters. The van der Waals surface area contributed by atoms with Crippen molar-refractivity contribution < 1.29 is 9.59 Å². The zero-order valence-corrected chi connectivity index (χ0v) is 9.85. The first kappa shape index (κ1) is 12.3. The number of nitrogens with zero attached hydrogens (tertiary/aromatic N) is 2. The Morgan fingerprint density at radius 3 is 2.83 bits per heavy atom. The summed E-state index contributed by atoms with van der Waals surface area (Å²) in [6, 6.07) is 0. The summed E-state index contributed by atoms with van der Waals surface area (Å²) in [5, 5.41) is 5.60. The summed E-state index contributed by atoms with van der Waals surface area (Å²) in [6.45, 7) is 0.830. The quantitative estimate of drug-likeness (QED) is 0.630. The zero-order chi connectivity index (χ0) is 13.0. The lowest BCUT2D eigenvalue weighted by Gasteiger charge is -2.06. The van der Waals surface area contributed by atoms with Crippen molar-refractivity contribution in [1.29, 1.82) is 0 Å². The Morgan fingerprint density at radius 1 is 1.39 bits per heavy atom. The van der Waals surface area contributed by atoms with Crippen LogP contribution < -0.4 is 16.4 Å². The van der Waals surface area contributed by atoms with Gasteiger partial charge in [0.25, 0.3) is 5.91 Å². The summed E-state index contributed by atoms with van der Waals surface area (Å²) < 4.78 is 0. The molecule has 0 saturated heterocycles. The van der Waals surface area contributed by atoms with Crippen molar-refractivity contribution in [1.82, 2.24) is 15.3 Å². The molecule has 7 heteroatoms. The van der Waals surface area contributed by atoms with E-state index >= 15 is 0 Å². The maximum atomic E-state index is 11.5. The monoisotopic (exact) mass is 249 g/mol. The van der Waals surface area contributed by atoms with Gasteiger partial charge in [0, 0.05) is 6.54 Å². The first-order valence-electron chi connectivity index (χ1n) is 5.77. The molecule has 1 fully saturated rings. The van der Waals surface area contributed by atoms with Crippen LogP contribution in [-0.2, 0) is 4.79 Å². The van der Waals surface area contributed by atoms with E-state index in [0.717, 1.165) is 6.54 Å². The Bertz CT molecular complexity index is 459. The van der Waals surface area contributed by atoms with E-state index in [4.69, 9.17) is 5.73 Å². The third-order valence-corrected chi connectivity index (χ3v) is 2.60. The number of nitrogens with one attached hydrogen (secondary N) is 2.